The Labute approximate surface area is 138 Å². The van der Waals surface area contributed by atoms with Crippen LogP contribution in [0.2, 0.25) is 0 Å². The smallest absolute Gasteiger partial charge is 0.252 e. The second-order valence-corrected chi connectivity index (χ2v) is 5.14. The van der Waals surface area contributed by atoms with Gasteiger partial charge in [0.05, 0.1) is 0 Å². The van der Waals surface area contributed by atoms with Gasteiger partial charge in [0.1, 0.15) is 17.7 Å². The third-order valence-electron chi connectivity index (χ3n) is 3.26. The lowest BCUT2D eigenvalue weighted by atomic mass is 10.1. The van der Waals surface area contributed by atoms with Crippen LogP contribution in [0.15, 0.2) is 54.6 Å². The van der Waals surface area contributed by atoms with E-state index in [1.807, 2.05) is 30.3 Å². The Morgan fingerprint density at radius 3 is 2.29 bits per heavy atom. The van der Waals surface area contributed by atoms with Crippen molar-refractivity contribution in [1.82, 2.24) is 5.32 Å². The van der Waals surface area contributed by atoms with Gasteiger partial charge < -0.3 is 11.1 Å². The lowest BCUT2D eigenvalue weighted by molar-refractivity contribution is -0.119. The Hall–Kier alpha value is -3.02. The third kappa shape index (κ3) is 5.01. The molecule has 1 atom stereocenters. The molecule has 0 aliphatic rings. The molecule has 0 spiro atoms. The van der Waals surface area contributed by atoms with E-state index >= 15 is 0 Å². The summed E-state index contributed by atoms with van der Waals surface area (Å²) in [6.45, 7) is 0. The summed E-state index contributed by atoms with van der Waals surface area (Å²) in [6, 6.07) is 10.8. The summed E-state index contributed by atoms with van der Waals surface area (Å²) in [5, 5.41) is 2.38. The first kappa shape index (κ1) is 17.3. The quantitative estimate of drug-likeness (QED) is 0.855. The summed E-state index contributed by atoms with van der Waals surface area (Å²) < 4.78 is 26.3. The molecule has 2 amide bonds. The van der Waals surface area contributed by atoms with Crippen molar-refractivity contribution in [3.8, 4) is 0 Å². The van der Waals surface area contributed by atoms with Crippen LogP contribution >= 0.6 is 0 Å². The molecule has 2 aromatic carbocycles. The Morgan fingerprint density at radius 2 is 1.71 bits per heavy atom. The SMILES string of the molecule is NC(=O)[C@@H](C/C=C/c1ccccc1)NC(=O)c1cc(F)cc(F)c1. The number of nitrogens with one attached hydrogen (secondary N) is 1. The molecule has 24 heavy (non-hydrogen) atoms. The van der Waals surface area contributed by atoms with E-state index in [1.165, 1.54) is 0 Å². The van der Waals surface area contributed by atoms with Crippen molar-refractivity contribution in [3.63, 3.8) is 0 Å². The molecule has 0 bridgehead atoms. The van der Waals surface area contributed by atoms with Crippen LogP contribution in [0.3, 0.4) is 0 Å². The molecule has 0 aliphatic heterocycles. The molecule has 0 saturated heterocycles. The normalized spacial score (nSPS) is 12.1. The molecule has 2 rings (SSSR count). The summed E-state index contributed by atoms with van der Waals surface area (Å²) in [4.78, 5) is 23.5. The minimum absolute atomic E-state index is 0.160. The molecule has 0 aliphatic carbocycles. The van der Waals surface area contributed by atoms with Crippen molar-refractivity contribution in [2.24, 2.45) is 5.73 Å². The number of hydrogen-bond donors (Lipinski definition) is 2. The predicted molar refractivity (Wildman–Crippen MR) is 86.9 cm³/mol. The molecule has 0 fully saturated rings. The molecule has 4 nitrogen and oxygen atoms in total. The van der Waals surface area contributed by atoms with Crippen LogP contribution in [0.1, 0.15) is 22.3 Å². The minimum atomic E-state index is -0.983. The van der Waals surface area contributed by atoms with E-state index in [2.05, 4.69) is 5.32 Å². The van der Waals surface area contributed by atoms with E-state index < -0.39 is 29.5 Å². The maximum absolute atomic E-state index is 13.2. The molecule has 124 valence electrons. The zero-order valence-electron chi connectivity index (χ0n) is 12.7. The molecule has 3 N–H and O–H groups in total. The molecular weight excluding hydrogens is 314 g/mol. The number of carbonyl (C=O) groups is 2. The molecule has 0 radical (unpaired) electrons. The second-order valence-electron chi connectivity index (χ2n) is 5.14. The van der Waals surface area contributed by atoms with Gasteiger partial charge in [-0.25, -0.2) is 8.78 Å². The molecular formula is C18H16F2N2O2. The molecule has 0 unspecified atom stereocenters. The molecule has 6 heteroatoms. The number of benzene rings is 2. The van der Waals surface area contributed by atoms with Gasteiger partial charge in [0, 0.05) is 11.6 Å². The second kappa shape index (κ2) is 8.01. The first-order valence-electron chi connectivity index (χ1n) is 7.23. The number of primary amides is 1. The highest BCUT2D eigenvalue weighted by Gasteiger charge is 2.18. The largest absolute Gasteiger partial charge is 0.368 e. The van der Waals surface area contributed by atoms with Crippen LogP contribution in [0, 0.1) is 11.6 Å². The van der Waals surface area contributed by atoms with Gasteiger partial charge >= 0.3 is 0 Å². The van der Waals surface area contributed by atoms with E-state index in [9.17, 15) is 18.4 Å². The number of carbonyl (C=O) groups excluding carboxylic acids is 2. The molecule has 2 aromatic rings. The highest BCUT2D eigenvalue weighted by Crippen LogP contribution is 2.09. The number of amides is 2. The number of hydrogen-bond acceptors (Lipinski definition) is 2. The van der Waals surface area contributed by atoms with Crippen molar-refractivity contribution in [2.75, 3.05) is 0 Å². The number of rotatable bonds is 6. The summed E-state index contributed by atoms with van der Waals surface area (Å²) in [5.41, 5.74) is 5.98. The topological polar surface area (TPSA) is 72.2 Å². The van der Waals surface area contributed by atoms with E-state index in [-0.39, 0.29) is 12.0 Å². The van der Waals surface area contributed by atoms with Crippen LogP contribution < -0.4 is 11.1 Å². The predicted octanol–water partition coefficient (Wildman–Crippen LogP) is 2.65. The first-order chi connectivity index (χ1) is 11.5. The van der Waals surface area contributed by atoms with E-state index in [1.54, 1.807) is 12.2 Å². The van der Waals surface area contributed by atoms with Crippen molar-refractivity contribution < 1.29 is 18.4 Å². The lowest BCUT2D eigenvalue weighted by Crippen LogP contribution is -2.44. The highest BCUT2D eigenvalue weighted by atomic mass is 19.1. The molecule has 0 aromatic heterocycles. The van der Waals surface area contributed by atoms with Crippen molar-refractivity contribution in [1.29, 1.82) is 0 Å². The van der Waals surface area contributed by atoms with Crippen LogP contribution in [-0.2, 0) is 4.79 Å². The van der Waals surface area contributed by atoms with Gasteiger partial charge in [-0.1, -0.05) is 42.5 Å². The van der Waals surface area contributed by atoms with Crippen LogP contribution in [0.4, 0.5) is 8.78 Å². The van der Waals surface area contributed by atoms with Gasteiger partial charge in [-0.05, 0) is 24.1 Å². The van der Waals surface area contributed by atoms with Gasteiger partial charge in [0.2, 0.25) is 5.91 Å². The maximum Gasteiger partial charge on any atom is 0.252 e. The van der Waals surface area contributed by atoms with Crippen molar-refractivity contribution >= 4 is 17.9 Å². The van der Waals surface area contributed by atoms with Gasteiger partial charge in [0.25, 0.3) is 5.91 Å². The van der Waals surface area contributed by atoms with Crippen molar-refractivity contribution in [2.45, 2.75) is 12.5 Å². The van der Waals surface area contributed by atoms with Crippen molar-refractivity contribution in [3.05, 3.63) is 77.4 Å². The van der Waals surface area contributed by atoms with Gasteiger partial charge in [-0.2, -0.15) is 0 Å². The van der Waals surface area contributed by atoms with Crippen LogP contribution in [0.25, 0.3) is 6.08 Å². The van der Waals surface area contributed by atoms with Crippen LogP contribution in [0.5, 0.6) is 0 Å². The molecule has 0 saturated carbocycles. The fourth-order valence-electron chi connectivity index (χ4n) is 2.08. The summed E-state index contributed by atoms with van der Waals surface area (Å²) in [6.07, 6.45) is 3.63. The van der Waals surface area contributed by atoms with E-state index in [0.717, 1.165) is 17.7 Å². The Kier molecular flexibility index (Phi) is 5.78. The van der Waals surface area contributed by atoms with E-state index in [0.29, 0.717) is 6.07 Å². The lowest BCUT2D eigenvalue weighted by Gasteiger charge is -2.13. The number of halogens is 2. The third-order valence-corrected chi connectivity index (χ3v) is 3.26. The monoisotopic (exact) mass is 330 g/mol. The summed E-state index contributed by atoms with van der Waals surface area (Å²) in [7, 11) is 0. The first-order valence-corrected chi connectivity index (χ1v) is 7.23. The standard InChI is InChI=1S/C18H16F2N2O2/c19-14-9-13(10-15(20)11-14)18(24)22-16(17(21)23)8-4-7-12-5-2-1-3-6-12/h1-7,9-11,16H,8H2,(H2,21,23)(H,22,24)/b7-4+/t16-/m1/s1. The average Bonchev–Trinajstić information content (AvgIpc) is 2.53. The maximum atomic E-state index is 13.2. The fraction of sp³-hybridized carbons (Fsp3) is 0.111. The number of nitrogens with two attached hydrogens (primary N) is 1. The zero-order valence-corrected chi connectivity index (χ0v) is 12.7. The minimum Gasteiger partial charge on any atom is -0.368 e. The Morgan fingerprint density at radius 1 is 1.08 bits per heavy atom. The van der Waals surface area contributed by atoms with Gasteiger partial charge in [0.15, 0.2) is 0 Å². The fourth-order valence-corrected chi connectivity index (χ4v) is 2.08. The van der Waals surface area contributed by atoms with Gasteiger partial charge in [-0.3, -0.25) is 9.59 Å². The van der Waals surface area contributed by atoms with Crippen LogP contribution in [-0.4, -0.2) is 17.9 Å². The Bertz CT molecular complexity index is 741. The summed E-state index contributed by atoms with van der Waals surface area (Å²) >= 11 is 0. The average molecular weight is 330 g/mol. The molecule has 0 heterocycles. The Balaban J connectivity index is 2.04. The van der Waals surface area contributed by atoms with E-state index in [4.69, 9.17) is 5.73 Å². The highest BCUT2D eigenvalue weighted by molar-refractivity contribution is 5.97. The summed E-state index contributed by atoms with van der Waals surface area (Å²) in [5.74, 6) is -3.26. The van der Waals surface area contributed by atoms with Gasteiger partial charge in [-0.15, -0.1) is 0 Å². The zero-order chi connectivity index (χ0) is 17.5.